The van der Waals surface area contributed by atoms with E-state index in [4.69, 9.17) is 5.73 Å². The van der Waals surface area contributed by atoms with Crippen LogP contribution in [0.15, 0.2) is 18.3 Å². The summed E-state index contributed by atoms with van der Waals surface area (Å²) in [5, 5.41) is 3.07. The van der Waals surface area contributed by atoms with E-state index in [0.717, 1.165) is 18.7 Å². The van der Waals surface area contributed by atoms with Crippen molar-refractivity contribution < 1.29 is 0 Å². The van der Waals surface area contributed by atoms with Gasteiger partial charge in [0.25, 0.3) is 0 Å². The maximum absolute atomic E-state index is 5.85. The van der Waals surface area contributed by atoms with Crippen LogP contribution in [0.4, 0.5) is 0 Å². The molecule has 0 bridgehead atoms. The topological polar surface area (TPSA) is 53.8 Å². The first-order chi connectivity index (χ1) is 5.34. The third-order valence-electron chi connectivity index (χ3n) is 1.73. The van der Waals surface area contributed by atoms with Crippen molar-refractivity contribution in [3.63, 3.8) is 0 Å². The third kappa shape index (κ3) is 2.37. The highest BCUT2D eigenvalue weighted by molar-refractivity contribution is 5.08. The summed E-state index contributed by atoms with van der Waals surface area (Å²) in [6.45, 7) is 0.959. The first-order valence-corrected chi connectivity index (χ1v) is 3.88. The lowest BCUT2D eigenvalue weighted by Gasteiger charge is -2.08. The Morgan fingerprint density at radius 1 is 1.73 bits per heavy atom. The van der Waals surface area contributed by atoms with Gasteiger partial charge in [0.15, 0.2) is 0 Å². The van der Waals surface area contributed by atoms with Crippen LogP contribution < -0.4 is 11.1 Å². The highest BCUT2D eigenvalue weighted by Crippen LogP contribution is 2.09. The summed E-state index contributed by atoms with van der Waals surface area (Å²) in [6, 6.07) is 4.12. The average Bonchev–Trinajstić information content (AvgIpc) is 2.52. The van der Waals surface area contributed by atoms with Crippen molar-refractivity contribution in [3.8, 4) is 0 Å². The van der Waals surface area contributed by atoms with Gasteiger partial charge in [-0.3, -0.25) is 0 Å². The van der Waals surface area contributed by atoms with Crippen molar-refractivity contribution in [2.75, 3.05) is 13.6 Å². The van der Waals surface area contributed by atoms with Gasteiger partial charge in [-0.1, -0.05) is 0 Å². The summed E-state index contributed by atoms with van der Waals surface area (Å²) in [4.78, 5) is 3.09. The van der Waals surface area contributed by atoms with Gasteiger partial charge in [-0.15, -0.1) is 0 Å². The zero-order valence-electron chi connectivity index (χ0n) is 6.80. The molecule has 1 atom stereocenters. The molecule has 3 nitrogen and oxygen atoms in total. The second-order valence-corrected chi connectivity index (χ2v) is 2.62. The van der Waals surface area contributed by atoms with E-state index in [1.54, 1.807) is 0 Å². The molecule has 11 heavy (non-hydrogen) atoms. The minimum absolute atomic E-state index is 0.137. The molecule has 0 spiro atoms. The van der Waals surface area contributed by atoms with Crippen LogP contribution in [0.25, 0.3) is 0 Å². The molecule has 1 heterocycles. The number of rotatable bonds is 4. The molecule has 1 aromatic heterocycles. The number of aromatic nitrogens is 1. The fourth-order valence-electron chi connectivity index (χ4n) is 1.03. The molecule has 0 fully saturated rings. The van der Waals surface area contributed by atoms with E-state index in [9.17, 15) is 0 Å². The Bertz CT molecular complexity index is 181. The number of hydrogen-bond acceptors (Lipinski definition) is 2. The molecular weight excluding hydrogens is 138 g/mol. The van der Waals surface area contributed by atoms with Gasteiger partial charge in [0.05, 0.1) is 0 Å². The van der Waals surface area contributed by atoms with Gasteiger partial charge in [-0.25, -0.2) is 0 Å². The summed E-state index contributed by atoms with van der Waals surface area (Å²) < 4.78 is 0. The van der Waals surface area contributed by atoms with Gasteiger partial charge in [0, 0.05) is 17.9 Å². The molecular formula is C8H15N3. The van der Waals surface area contributed by atoms with Crippen molar-refractivity contribution in [3.05, 3.63) is 24.0 Å². The van der Waals surface area contributed by atoms with E-state index in [1.807, 2.05) is 25.4 Å². The fraction of sp³-hybridized carbons (Fsp3) is 0.500. The van der Waals surface area contributed by atoms with E-state index in [1.165, 1.54) is 0 Å². The first kappa shape index (κ1) is 8.30. The van der Waals surface area contributed by atoms with E-state index < -0.39 is 0 Å². The van der Waals surface area contributed by atoms with Crippen LogP contribution in [0, 0.1) is 0 Å². The minimum Gasteiger partial charge on any atom is -0.364 e. The van der Waals surface area contributed by atoms with E-state index >= 15 is 0 Å². The number of H-pyrrole nitrogens is 1. The van der Waals surface area contributed by atoms with E-state index in [-0.39, 0.29) is 6.04 Å². The smallest absolute Gasteiger partial charge is 0.0459 e. The molecule has 0 saturated heterocycles. The van der Waals surface area contributed by atoms with Crippen molar-refractivity contribution in [1.82, 2.24) is 10.3 Å². The van der Waals surface area contributed by atoms with Crippen molar-refractivity contribution >= 4 is 0 Å². The molecule has 62 valence electrons. The third-order valence-corrected chi connectivity index (χ3v) is 1.73. The zero-order valence-corrected chi connectivity index (χ0v) is 6.80. The van der Waals surface area contributed by atoms with Crippen molar-refractivity contribution in [2.24, 2.45) is 5.73 Å². The molecule has 0 aromatic carbocycles. The van der Waals surface area contributed by atoms with E-state index in [2.05, 4.69) is 10.3 Å². The molecule has 0 amide bonds. The molecule has 0 saturated carbocycles. The Labute approximate surface area is 67.0 Å². The summed E-state index contributed by atoms with van der Waals surface area (Å²) in [7, 11) is 1.93. The maximum Gasteiger partial charge on any atom is 0.0459 e. The molecule has 0 aliphatic carbocycles. The highest BCUT2D eigenvalue weighted by atomic mass is 14.8. The van der Waals surface area contributed by atoms with Gasteiger partial charge in [-0.2, -0.15) is 0 Å². The van der Waals surface area contributed by atoms with Crippen molar-refractivity contribution in [1.29, 1.82) is 0 Å². The van der Waals surface area contributed by atoms with Crippen LogP contribution >= 0.6 is 0 Å². The molecule has 0 aliphatic rings. The highest BCUT2D eigenvalue weighted by Gasteiger charge is 2.03. The van der Waals surface area contributed by atoms with Gasteiger partial charge >= 0.3 is 0 Å². The number of hydrogen-bond donors (Lipinski definition) is 3. The Balaban J connectivity index is 2.36. The van der Waals surface area contributed by atoms with Crippen LogP contribution in [-0.4, -0.2) is 18.6 Å². The molecule has 1 rings (SSSR count). The van der Waals surface area contributed by atoms with Gasteiger partial charge in [-0.05, 0) is 32.1 Å². The predicted octanol–water partition coefficient (Wildman–Crippen LogP) is 0.624. The van der Waals surface area contributed by atoms with Gasteiger partial charge in [0.1, 0.15) is 0 Å². The zero-order chi connectivity index (χ0) is 8.10. The average molecular weight is 153 g/mol. The van der Waals surface area contributed by atoms with E-state index in [0.29, 0.717) is 0 Å². The number of aromatic amines is 1. The van der Waals surface area contributed by atoms with Gasteiger partial charge < -0.3 is 16.0 Å². The van der Waals surface area contributed by atoms with Crippen LogP contribution in [0.3, 0.4) is 0 Å². The largest absolute Gasteiger partial charge is 0.364 e. The standard InChI is InChI=1S/C8H15N3/c1-10-6-4-7(9)8-3-2-5-11-8/h2-3,5,7,10-11H,4,6,9H2,1H3. The second-order valence-electron chi connectivity index (χ2n) is 2.62. The lowest BCUT2D eigenvalue weighted by atomic mass is 10.1. The molecule has 0 radical (unpaired) electrons. The first-order valence-electron chi connectivity index (χ1n) is 3.88. The quantitative estimate of drug-likeness (QED) is 0.594. The molecule has 4 N–H and O–H groups in total. The number of nitrogens with one attached hydrogen (secondary N) is 2. The van der Waals surface area contributed by atoms with Crippen molar-refractivity contribution in [2.45, 2.75) is 12.5 Å². The summed E-state index contributed by atoms with van der Waals surface area (Å²) in [6.07, 6.45) is 2.87. The van der Waals surface area contributed by atoms with Crippen LogP contribution in [0.2, 0.25) is 0 Å². The fourth-order valence-corrected chi connectivity index (χ4v) is 1.03. The lowest BCUT2D eigenvalue weighted by Crippen LogP contribution is -2.18. The number of nitrogens with two attached hydrogens (primary N) is 1. The molecule has 3 heteroatoms. The molecule has 1 unspecified atom stereocenters. The van der Waals surface area contributed by atoms with Crippen LogP contribution in [0.1, 0.15) is 18.2 Å². The monoisotopic (exact) mass is 153 g/mol. The Hall–Kier alpha value is -0.800. The Kier molecular flexibility index (Phi) is 3.14. The summed E-state index contributed by atoms with van der Waals surface area (Å²) >= 11 is 0. The Morgan fingerprint density at radius 3 is 3.09 bits per heavy atom. The molecule has 0 aliphatic heterocycles. The summed E-state index contributed by atoms with van der Waals surface area (Å²) in [5.41, 5.74) is 6.97. The lowest BCUT2D eigenvalue weighted by molar-refractivity contribution is 0.605. The predicted molar refractivity (Wildman–Crippen MR) is 46.3 cm³/mol. The normalized spacial score (nSPS) is 13.3. The van der Waals surface area contributed by atoms with Crippen LogP contribution in [-0.2, 0) is 0 Å². The Morgan fingerprint density at radius 2 is 2.55 bits per heavy atom. The summed E-state index contributed by atoms with van der Waals surface area (Å²) in [5.74, 6) is 0. The van der Waals surface area contributed by atoms with Crippen LogP contribution in [0.5, 0.6) is 0 Å². The van der Waals surface area contributed by atoms with Gasteiger partial charge in [0.2, 0.25) is 0 Å². The maximum atomic E-state index is 5.85. The molecule has 1 aromatic rings. The SMILES string of the molecule is CNCCC(N)c1ccc[nH]1. The minimum atomic E-state index is 0.137. The second kappa shape index (κ2) is 4.16.